The number of benzene rings is 1. The Balaban J connectivity index is 2.17. The minimum absolute atomic E-state index is 0.0244. The van der Waals surface area contributed by atoms with Crippen LogP contribution in [0.4, 0.5) is 0 Å². The number of nitriles is 1. The first-order chi connectivity index (χ1) is 8.62. The molecule has 3 heteroatoms. The lowest BCUT2D eigenvalue weighted by Gasteiger charge is -2.28. The van der Waals surface area contributed by atoms with E-state index in [9.17, 15) is 4.79 Å². The maximum atomic E-state index is 12.6. The SMILES string of the molecule is CC(CC#N)N(C)C(=O)C1(c2ccccc2)CC1. The molecule has 2 rings (SSSR count). The Hall–Kier alpha value is -1.82. The normalized spacial score (nSPS) is 17.6. The summed E-state index contributed by atoms with van der Waals surface area (Å²) in [6.45, 7) is 1.92. The third-order valence-corrected chi connectivity index (χ3v) is 3.85. The molecule has 1 saturated carbocycles. The number of hydrogen-bond donors (Lipinski definition) is 0. The molecule has 0 aromatic heterocycles. The molecule has 1 amide bonds. The highest BCUT2D eigenvalue weighted by atomic mass is 16.2. The molecule has 0 bridgehead atoms. The van der Waals surface area contributed by atoms with Crippen LogP contribution in [0.5, 0.6) is 0 Å². The zero-order valence-corrected chi connectivity index (χ0v) is 10.9. The maximum Gasteiger partial charge on any atom is 0.233 e. The molecule has 1 unspecified atom stereocenters. The van der Waals surface area contributed by atoms with E-state index in [-0.39, 0.29) is 17.4 Å². The lowest BCUT2D eigenvalue weighted by molar-refractivity contribution is -0.134. The molecule has 94 valence electrons. The van der Waals surface area contributed by atoms with Gasteiger partial charge in [0.1, 0.15) is 0 Å². The van der Waals surface area contributed by atoms with Gasteiger partial charge in [0.25, 0.3) is 0 Å². The summed E-state index contributed by atoms with van der Waals surface area (Å²) in [5.74, 6) is 0.149. The number of carbonyl (C=O) groups is 1. The number of rotatable bonds is 4. The van der Waals surface area contributed by atoms with Crippen molar-refractivity contribution in [1.29, 1.82) is 5.26 Å². The average molecular weight is 242 g/mol. The van der Waals surface area contributed by atoms with E-state index in [1.54, 1.807) is 11.9 Å². The fourth-order valence-corrected chi connectivity index (χ4v) is 2.31. The van der Waals surface area contributed by atoms with E-state index in [1.807, 2.05) is 37.3 Å². The van der Waals surface area contributed by atoms with Crippen LogP contribution in [0, 0.1) is 11.3 Å². The minimum Gasteiger partial charge on any atom is -0.341 e. The van der Waals surface area contributed by atoms with Crippen molar-refractivity contribution in [3.05, 3.63) is 35.9 Å². The first-order valence-electron chi connectivity index (χ1n) is 6.31. The molecule has 0 aliphatic heterocycles. The Morgan fingerprint density at radius 3 is 2.56 bits per heavy atom. The van der Waals surface area contributed by atoms with Gasteiger partial charge in [0.2, 0.25) is 5.91 Å². The van der Waals surface area contributed by atoms with Crippen LogP contribution in [0.15, 0.2) is 30.3 Å². The Bertz CT molecular complexity index is 471. The summed E-state index contributed by atoms with van der Waals surface area (Å²) in [7, 11) is 1.80. The Labute approximate surface area is 108 Å². The summed E-state index contributed by atoms with van der Waals surface area (Å²) in [5.41, 5.74) is 0.783. The Morgan fingerprint density at radius 1 is 1.44 bits per heavy atom. The van der Waals surface area contributed by atoms with E-state index in [1.165, 1.54) is 0 Å². The smallest absolute Gasteiger partial charge is 0.233 e. The maximum absolute atomic E-state index is 12.6. The molecule has 1 aromatic carbocycles. The molecule has 0 heterocycles. The average Bonchev–Trinajstić information content (AvgIpc) is 3.20. The highest BCUT2D eigenvalue weighted by Crippen LogP contribution is 2.49. The topological polar surface area (TPSA) is 44.1 Å². The number of nitrogens with zero attached hydrogens (tertiary/aromatic N) is 2. The molecule has 0 radical (unpaired) electrons. The number of hydrogen-bond acceptors (Lipinski definition) is 2. The van der Waals surface area contributed by atoms with Crippen LogP contribution in [-0.2, 0) is 10.2 Å². The van der Waals surface area contributed by atoms with Gasteiger partial charge in [-0.15, -0.1) is 0 Å². The van der Waals surface area contributed by atoms with E-state index in [0.717, 1.165) is 18.4 Å². The quantitative estimate of drug-likeness (QED) is 0.814. The van der Waals surface area contributed by atoms with Gasteiger partial charge < -0.3 is 4.90 Å². The fraction of sp³-hybridized carbons (Fsp3) is 0.467. The molecular formula is C15H18N2O. The van der Waals surface area contributed by atoms with E-state index in [0.29, 0.717) is 6.42 Å². The van der Waals surface area contributed by atoms with E-state index in [4.69, 9.17) is 5.26 Å². The van der Waals surface area contributed by atoms with Gasteiger partial charge in [-0.1, -0.05) is 30.3 Å². The number of likely N-dealkylation sites (N-methyl/N-ethyl adjacent to an activating group) is 1. The number of amides is 1. The molecule has 0 N–H and O–H groups in total. The van der Waals surface area contributed by atoms with Crippen molar-refractivity contribution in [2.75, 3.05) is 7.05 Å². The predicted octanol–water partition coefficient (Wildman–Crippen LogP) is 2.48. The largest absolute Gasteiger partial charge is 0.341 e. The van der Waals surface area contributed by atoms with Gasteiger partial charge in [0, 0.05) is 13.1 Å². The zero-order chi connectivity index (χ0) is 13.2. The van der Waals surface area contributed by atoms with Crippen molar-refractivity contribution in [3.63, 3.8) is 0 Å². The van der Waals surface area contributed by atoms with Crippen molar-refractivity contribution in [3.8, 4) is 6.07 Å². The van der Waals surface area contributed by atoms with Crippen molar-refractivity contribution < 1.29 is 4.79 Å². The highest BCUT2D eigenvalue weighted by molar-refractivity contribution is 5.91. The molecule has 1 atom stereocenters. The molecular weight excluding hydrogens is 224 g/mol. The second-order valence-corrected chi connectivity index (χ2v) is 5.08. The van der Waals surface area contributed by atoms with Crippen molar-refractivity contribution >= 4 is 5.91 Å². The monoisotopic (exact) mass is 242 g/mol. The molecule has 1 fully saturated rings. The van der Waals surface area contributed by atoms with E-state index < -0.39 is 0 Å². The van der Waals surface area contributed by atoms with Gasteiger partial charge in [0.05, 0.1) is 17.9 Å². The zero-order valence-electron chi connectivity index (χ0n) is 10.9. The van der Waals surface area contributed by atoms with Gasteiger partial charge in [-0.25, -0.2) is 0 Å². The second kappa shape index (κ2) is 4.81. The van der Waals surface area contributed by atoms with Gasteiger partial charge in [-0.3, -0.25) is 4.79 Å². The summed E-state index contributed by atoms with van der Waals surface area (Å²) in [6.07, 6.45) is 2.21. The fourth-order valence-electron chi connectivity index (χ4n) is 2.31. The predicted molar refractivity (Wildman–Crippen MR) is 69.8 cm³/mol. The van der Waals surface area contributed by atoms with E-state index in [2.05, 4.69) is 6.07 Å². The second-order valence-electron chi connectivity index (χ2n) is 5.08. The van der Waals surface area contributed by atoms with Crippen LogP contribution in [0.3, 0.4) is 0 Å². The summed E-state index contributed by atoms with van der Waals surface area (Å²) in [5, 5.41) is 8.71. The van der Waals surface area contributed by atoms with Crippen LogP contribution >= 0.6 is 0 Å². The van der Waals surface area contributed by atoms with Crippen molar-refractivity contribution in [2.45, 2.75) is 37.6 Å². The van der Waals surface area contributed by atoms with Crippen LogP contribution < -0.4 is 0 Å². The van der Waals surface area contributed by atoms with E-state index >= 15 is 0 Å². The molecule has 0 saturated heterocycles. The minimum atomic E-state index is -0.320. The van der Waals surface area contributed by atoms with Crippen molar-refractivity contribution in [1.82, 2.24) is 4.90 Å². The standard InChI is InChI=1S/C15H18N2O/c1-12(8-11-16)17(2)14(18)15(9-10-15)13-6-4-3-5-7-13/h3-7,12H,8-10H2,1-2H3. The van der Waals surface area contributed by atoms with Crippen LogP contribution in [-0.4, -0.2) is 23.9 Å². The molecule has 3 nitrogen and oxygen atoms in total. The first-order valence-corrected chi connectivity index (χ1v) is 6.31. The first kappa shape index (κ1) is 12.6. The Morgan fingerprint density at radius 2 is 2.06 bits per heavy atom. The molecule has 0 spiro atoms. The molecule has 1 aromatic rings. The van der Waals surface area contributed by atoms with Crippen molar-refractivity contribution in [2.24, 2.45) is 0 Å². The highest BCUT2D eigenvalue weighted by Gasteiger charge is 2.52. The third-order valence-electron chi connectivity index (χ3n) is 3.85. The van der Waals surface area contributed by atoms with Gasteiger partial charge in [0.15, 0.2) is 0 Å². The van der Waals surface area contributed by atoms with Crippen LogP contribution in [0.25, 0.3) is 0 Å². The Kier molecular flexibility index (Phi) is 3.38. The summed E-state index contributed by atoms with van der Waals surface area (Å²) in [4.78, 5) is 14.3. The van der Waals surface area contributed by atoms with Gasteiger partial charge >= 0.3 is 0 Å². The summed E-state index contributed by atoms with van der Waals surface area (Å²) >= 11 is 0. The van der Waals surface area contributed by atoms with Gasteiger partial charge in [-0.2, -0.15) is 5.26 Å². The van der Waals surface area contributed by atoms with Gasteiger partial charge in [-0.05, 0) is 25.3 Å². The molecule has 1 aliphatic carbocycles. The molecule has 1 aliphatic rings. The lowest BCUT2D eigenvalue weighted by atomic mass is 9.94. The third kappa shape index (κ3) is 2.11. The van der Waals surface area contributed by atoms with Crippen LogP contribution in [0.2, 0.25) is 0 Å². The summed E-state index contributed by atoms with van der Waals surface area (Å²) < 4.78 is 0. The molecule has 18 heavy (non-hydrogen) atoms. The lowest BCUT2D eigenvalue weighted by Crippen LogP contribution is -2.41. The summed E-state index contributed by atoms with van der Waals surface area (Å²) in [6, 6.07) is 12.1. The van der Waals surface area contributed by atoms with Crippen LogP contribution in [0.1, 0.15) is 31.7 Å². The number of carbonyl (C=O) groups excluding carboxylic acids is 1.